The maximum Gasteiger partial charge on any atom is 0.190 e. The van der Waals surface area contributed by atoms with Gasteiger partial charge in [-0.25, -0.2) is 9.97 Å². The number of halogens is 1. The van der Waals surface area contributed by atoms with E-state index in [9.17, 15) is 0 Å². The normalized spacial score (nSPS) is 11.3. The number of rotatable bonds is 6. The first-order valence-electron chi connectivity index (χ1n) is 6.33. The van der Waals surface area contributed by atoms with Gasteiger partial charge in [-0.3, -0.25) is 0 Å². The van der Waals surface area contributed by atoms with E-state index in [0.717, 1.165) is 34.0 Å². The maximum absolute atomic E-state index is 6.23. The molecule has 2 heterocycles. The molecule has 2 aromatic rings. The van der Waals surface area contributed by atoms with Crippen molar-refractivity contribution >= 4 is 44.9 Å². The Morgan fingerprint density at radius 2 is 2.11 bits per heavy atom. The van der Waals surface area contributed by atoms with E-state index in [1.165, 1.54) is 17.7 Å². The lowest BCUT2D eigenvalue weighted by molar-refractivity contribution is 0.891. The van der Waals surface area contributed by atoms with Crippen LogP contribution in [-0.2, 0) is 6.42 Å². The van der Waals surface area contributed by atoms with Crippen LogP contribution >= 0.6 is 34.7 Å². The van der Waals surface area contributed by atoms with Crippen LogP contribution < -0.4 is 0 Å². The number of thiophene rings is 1. The van der Waals surface area contributed by atoms with E-state index >= 15 is 0 Å². The van der Waals surface area contributed by atoms with Crippen molar-refractivity contribution in [3.63, 3.8) is 0 Å². The van der Waals surface area contributed by atoms with Crippen molar-refractivity contribution in [1.29, 1.82) is 0 Å². The molecule has 0 spiro atoms. The highest BCUT2D eigenvalue weighted by Gasteiger charge is 2.10. The number of aromatic nitrogens is 2. The Kier molecular flexibility index (Phi) is 5.27. The van der Waals surface area contributed by atoms with Gasteiger partial charge in [0.05, 0.1) is 0 Å². The molecular formula is C13H17ClN2S2. The number of fused-ring (bicyclic) bond motifs is 1. The molecule has 0 fully saturated rings. The van der Waals surface area contributed by atoms with Crippen LogP contribution in [0.25, 0.3) is 10.2 Å². The van der Waals surface area contributed by atoms with E-state index in [1.807, 2.05) is 0 Å². The molecular weight excluding hydrogens is 284 g/mol. The van der Waals surface area contributed by atoms with Gasteiger partial charge in [0, 0.05) is 16.0 Å². The summed E-state index contributed by atoms with van der Waals surface area (Å²) in [6.07, 6.45) is 4.63. The average Bonchev–Trinajstić information content (AvgIpc) is 2.73. The summed E-state index contributed by atoms with van der Waals surface area (Å²) in [4.78, 5) is 11.3. The molecule has 0 aromatic carbocycles. The fourth-order valence-electron chi connectivity index (χ4n) is 1.66. The zero-order valence-electron chi connectivity index (χ0n) is 10.7. The SMILES string of the molecule is CCCCSc1nc(Cl)c2cc(CCC)sc2n1. The molecule has 0 atom stereocenters. The highest BCUT2D eigenvalue weighted by Crippen LogP contribution is 2.31. The number of aryl methyl sites for hydroxylation is 1. The minimum Gasteiger partial charge on any atom is -0.211 e. The van der Waals surface area contributed by atoms with Gasteiger partial charge in [0.2, 0.25) is 0 Å². The Morgan fingerprint density at radius 3 is 2.83 bits per heavy atom. The molecule has 0 aliphatic rings. The highest BCUT2D eigenvalue weighted by molar-refractivity contribution is 7.99. The molecule has 0 aliphatic carbocycles. The molecule has 2 aromatic heterocycles. The predicted octanol–water partition coefficient (Wildman–Crippen LogP) is 5.19. The van der Waals surface area contributed by atoms with Crippen LogP contribution in [0.15, 0.2) is 11.2 Å². The van der Waals surface area contributed by atoms with Crippen LogP contribution in [0.3, 0.4) is 0 Å². The maximum atomic E-state index is 6.23. The van der Waals surface area contributed by atoms with Gasteiger partial charge in [0.1, 0.15) is 9.98 Å². The van der Waals surface area contributed by atoms with Crippen molar-refractivity contribution in [1.82, 2.24) is 9.97 Å². The molecule has 0 amide bonds. The molecule has 18 heavy (non-hydrogen) atoms. The Hall–Kier alpha value is -0.320. The second-order valence-corrected chi connectivity index (χ2v) is 6.72. The fraction of sp³-hybridized carbons (Fsp3) is 0.538. The van der Waals surface area contributed by atoms with Gasteiger partial charge in [0.25, 0.3) is 0 Å². The zero-order chi connectivity index (χ0) is 13.0. The number of hydrogen-bond donors (Lipinski definition) is 0. The third-order valence-corrected chi connectivity index (χ3v) is 4.91. The van der Waals surface area contributed by atoms with E-state index in [0.29, 0.717) is 5.15 Å². The molecule has 98 valence electrons. The van der Waals surface area contributed by atoms with Crippen molar-refractivity contribution in [2.75, 3.05) is 5.75 Å². The largest absolute Gasteiger partial charge is 0.211 e. The monoisotopic (exact) mass is 300 g/mol. The van der Waals surface area contributed by atoms with E-state index in [1.54, 1.807) is 23.1 Å². The fourth-order valence-corrected chi connectivity index (χ4v) is 4.10. The second kappa shape index (κ2) is 6.73. The third kappa shape index (κ3) is 3.37. The lowest BCUT2D eigenvalue weighted by Crippen LogP contribution is -1.88. The Morgan fingerprint density at radius 1 is 1.28 bits per heavy atom. The van der Waals surface area contributed by atoms with Crippen molar-refractivity contribution in [3.8, 4) is 0 Å². The van der Waals surface area contributed by atoms with E-state index in [4.69, 9.17) is 11.6 Å². The number of thioether (sulfide) groups is 1. The van der Waals surface area contributed by atoms with Gasteiger partial charge >= 0.3 is 0 Å². The van der Waals surface area contributed by atoms with Gasteiger partial charge in [-0.1, -0.05) is 50.1 Å². The van der Waals surface area contributed by atoms with Crippen molar-refractivity contribution in [2.24, 2.45) is 0 Å². The lowest BCUT2D eigenvalue weighted by Gasteiger charge is -2.00. The van der Waals surface area contributed by atoms with Crippen molar-refractivity contribution < 1.29 is 0 Å². The number of unbranched alkanes of at least 4 members (excludes halogenated alkanes) is 1. The first-order valence-corrected chi connectivity index (χ1v) is 8.51. The van der Waals surface area contributed by atoms with E-state index < -0.39 is 0 Å². The van der Waals surface area contributed by atoms with Gasteiger partial charge < -0.3 is 0 Å². The van der Waals surface area contributed by atoms with E-state index in [2.05, 4.69) is 29.9 Å². The summed E-state index contributed by atoms with van der Waals surface area (Å²) in [5, 5.41) is 2.41. The summed E-state index contributed by atoms with van der Waals surface area (Å²) >= 11 is 9.67. The summed E-state index contributed by atoms with van der Waals surface area (Å²) in [5.41, 5.74) is 0. The van der Waals surface area contributed by atoms with Crippen LogP contribution in [0.2, 0.25) is 5.15 Å². The minimum atomic E-state index is 0.595. The van der Waals surface area contributed by atoms with Crippen LogP contribution in [-0.4, -0.2) is 15.7 Å². The quantitative estimate of drug-likeness (QED) is 0.318. The average molecular weight is 301 g/mol. The predicted molar refractivity (Wildman–Crippen MR) is 82.1 cm³/mol. The Labute approximate surface area is 121 Å². The lowest BCUT2D eigenvalue weighted by atomic mass is 10.3. The third-order valence-electron chi connectivity index (χ3n) is 2.60. The standard InChI is InChI=1S/C13H17ClN2S2/c1-3-5-7-17-13-15-11(14)10-8-9(6-4-2)18-12(10)16-13/h8H,3-7H2,1-2H3. The Bertz CT molecular complexity index is 525. The van der Waals surface area contributed by atoms with Crippen LogP contribution in [0.1, 0.15) is 38.0 Å². The molecule has 0 bridgehead atoms. The topological polar surface area (TPSA) is 25.8 Å². The van der Waals surface area contributed by atoms with Crippen LogP contribution in [0.4, 0.5) is 0 Å². The minimum absolute atomic E-state index is 0.595. The molecule has 0 saturated heterocycles. The van der Waals surface area contributed by atoms with Crippen molar-refractivity contribution in [2.45, 2.75) is 44.7 Å². The first kappa shape index (κ1) is 14.1. The number of nitrogens with zero attached hydrogens (tertiary/aromatic N) is 2. The van der Waals surface area contributed by atoms with Gasteiger partial charge in [-0.2, -0.15) is 0 Å². The molecule has 0 radical (unpaired) electrons. The smallest absolute Gasteiger partial charge is 0.190 e. The molecule has 0 unspecified atom stereocenters. The molecule has 5 heteroatoms. The van der Waals surface area contributed by atoms with Crippen molar-refractivity contribution in [3.05, 3.63) is 16.1 Å². The second-order valence-electron chi connectivity index (χ2n) is 4.18. The van der Waals surface area contributed by atoms with Crippen LogP contribution in [0.5, 0.6) is 0 Å². The molecule has 0 saturated carbocycles. The first-order chi connectivity index (χ1) is 8.74. The summed E-state index contributed by atoms with van der Waals surface area (Å²) in [5.74, 6) is 1.06. The van der Waals surface area contributed by atoms with Gasteiger partial charge in [-0.15, -0.1) is 11.3 Å². The summed E-state index contributed by atoms with van der Waals surface area (Å²) in [6, 6.07) is 2.13. The highest BCUT2D eigenvalue weighted by atomic mass is 35.5. The summed E-state index contributed by atoms with van der Waals surface area (Å²) in [7, 11) is 0. The summed E-state index contributed by atoms with van der Waals surface area (Å²) < 4.78 is 0. The van der Waals surface area contributed by atoms with Gasteiger partial charge in [-0.05, 0) is 18.9 Å². The van der Waals surface area contributed by atoms with E-state index in [-0.39, 0.29) is 0 Å². The molecule has 0 N–H and O–H groups in total. The zero-order valence-corrected chi connectivity index (χ0v) is 13.1. The number of hydrogen-bond acceptors (Lipinski definition) is 4. The van der Waals surface area contributed by atoms with Crippen LogP contribution in [0, 0.1) is 0 Å². The Balaban J connectivity index is 2.24. The summed E-state index contributed by atoms with van der Waals surface area (Å²) in [6.45, 7) is 4.37. The molecule has 2 nitrogen and oxygen atoms in total. The molecule has 2 rings (SSSR count). The molecule has 0 aliphatic heterocycles. The van der Waals surface area contributed by atoms with Gasteiger partial charge in [0.15, 0.2) is 5.16 Å².